The number of carbonyl (C=O) groups excluding carboxylic acids is 1. The third-order valence-electron chi connectivity index (χ3n) is 5.42. The minimum atomic E-state index is -3.66. The lowest BCUT2D eigenvalue weighted by Gasteiger charge is -2.34. The number of amides is 1. The van der Waals surface area contributed by atoms with Crippen LogP contribution in [0.2, 0.25) is 0 Å². The van der Waals surface area contributed by atoms with Crippen LogP contribution in [0.5, 0.6) is 0 Å². The van der Waals surface area contributed by atoms with Gasteiger partial charge in [-0.05, 0) is 48.4 Å². The summed E-state index contributed by atoms with van der Waals surface area (Å²) in [4.78, 5) is 22.9. The fourth-order valence-electron chi connectivity index (χ4n) is 3.96. The second-order valence-electron chi connectivity index (χ2n) is 8.23. The highest BCUT2D eigenvalue weighted by atomic mass is 32.2. The quantitative estimate of drug-likeness (QED) is 0.520. The number of nitro benzene ring substituents is 1. The van der Waals surface area contributed by atoms with Crippen LogP contribution in [0.4, 0.5) is 5.69 Å². The van der Waals surface area contributed by atoms with Crippen molar-refractivity contribution in [2.45, 2.75) is 31.6 Å². The fraction of sp³-hybridized carbons (Fsp3) is 0.409. The van der Waals surface area contributed by atoms with Crippen molar-refractivity contribution >= 4 is 21.6 Å². The van der Waals surface area contributed by atoms with E-state index in [0.717, 1.165) is 12.0 Å². The number of nitrogens with zero attached hydrogens (tertiary/aromatic N) is 2. The van der Waals surface area contributed by atoms with Gasteiger partial charge in [0, 0.05) is 37.3 Å². The Kier molecular flexibility index (Phi) is 7.07. The van der Waals surface area contributed by atoms with Gasteiger partial charge < -0.3 is 5.32 Å². The summed E-state index contributed by atoms with van der Waals surface area (Å²) in [6.45, 7) is 5.39. The Morgan fingerprint density at radius 1 is 1.13 bits per heavy atom. The monoisotopic (exact) mass is 445 g/mol. The van der Waals surface area contributed by atoms with Crippen LogP contribution in [-0.2, 0) is 16.4 Å². The van der Waals surface area contributed by atoms with E-state index in [2.05, 4.69) is 5.32 Å². The number of piperidine rings is 1. The highest BCUT2D eigenvalue weighted by Gasteiger charge is 2.31. The highest BCUT2D eigenvalue weighted by molar-refractivity contribution is 7.89. The summed E-state index contributed by atoms with van der Waals surface area (Å²) in [6.07, 6.45) is 1.51. The van der Waals surface area contributed by atoms with Gasteiger partial charge in [0.15, 0.2) is 0 Å². The minimum absolute atomic E-state index is 0.0169. The van der Waals surface area contributed by atoms with Crippen LogP contribution in [0.25, 0.3) is 0 Å². The maximum absolute atomic E-state index is 13.1. The van der Waals surface area contributed by atoms with E-state index in [1.807, 2.05) is 13.8 Å². The molecule has 1 N–H and O–H groups in total. The molecule has 2 atom stereocenters. The van der Waals surface area contributed by atoms with Crippen molar-refractivity contribution in [2.75, 3.05) is 19.6 Å². The summed E-state index contributed by atoms with van der Waals surface area (Å²) in [5, 5.41) is 13.5. The molecule has 8 nitrogen and oxygen atoms in total. The van der Waals surface area contributed by atoms with E-state index in [-0.39, 0.29) is 22.1 Å². The van der Waals surface area contributed by atoms with Crippen molar-refractivity contribution in [2.24, 2.45) is 11.8 Å². The van der Waals surface area contributed by atoms with Crippen LogP contribution < -0.4 is 5.32 Å². The normalized spacial score (nSPS) is 19.7. The molecule has 1 aliphatic heterocycles. The number of hydrogen-bond acceptors (Lipinski definition) is 5. The number of sulfonamides is 1. The number of benzene rings is 2. The number of carbonyl (C=O) groups is 1. The molecule has 2 aromatic carbocycles. The smallest absolute Gasteiger partial charge is 0.269 e. The predicted molar refractivity (Wildman–Crippen MR) is 117 cm³/mol. The Labute approximate surface area is 182 Å². The van der Waals surface area contributed by atoms with Crippen LogP contribution in [0.15, 0.2) is 53.4 Å². The molecule has 0 radical (unpaired) electrons. The maximum atomic E-state index is 13.1. The van der Waals surface area contributed by atoms with Crippen molar-refractivity contribution in [3.05, 3.63) is 69.8 Å². The molecule has 0 aliphatic carbocycles. The van der Waals surface area contributed by atoms with Gasteiger partial charge >= 0.3 is 0 Å². The van der Waals surface area contributed by atoms with Gasteiger partial charge in [-0.3, -0.25) is 14.9 Å². The SMILES string of the molecule is CC1CC(C)CN(S(=O)(=O)c2cccc(C(=O)NCCc3ccc([N+](=O)[O-])cc3)c2)C1. The molecular weight excluding hydrogens is 418 g/mol. The lowest BCUT2D eigenvalue weighted by atomic mass is 9.94. The van der Waals surface area contributed by atoms with E-state index in [4.69, 9.17) is 0 Å². The first-order valence-electron chi connectivity index (χ1n) is 10.3. The molecule has 0 bridgehead atoms. The molecule has 0 spiro atoms. The van der Waals surface area contributed by atoms with E-state index in [1.54, 1.807) is 24.3 Å². The third kappa shape index (κ3) is 5.68. The van der Waals surface area contributed by atoms with Gasteiger partial charge in [-0.2, -0.15) is 4.31 Å². The van der Waals surface area contributed by atoms with E-state index in [1.165, 1.54) is 28.6 Å². The molecule has 1 saturated heterocycles. The number of hydrogen-bond donors (Lipinski definition) is 1. The van der Waals surface area contributed by atoms with Crippen molar-refractivity contribution in [1.29, 1.82) is 0 Å². The molecule has 166 valence electrons. The van der Waals surface area contributed by atoms with Gasteiger partial charge in [-0.25, -0.2) is 8.42 Å². The van der Waals surface area contributed by atoms with E-state index in [9.17, 15) is 23.3 Å². The van der Waals surface area contributed by atoms with E-state index < -0.39 is 14.9 Å². The second-order valence-corrected chi connectivity index (χ2v) is 10.2. The van der Waals surface area contributed by atoms with Crippen molar-refractivity contribution in [3.8, 4) is 0 Å². The first-order valence-corrected chi connectivity index (χ1v) is 11.7. The molecule has 1 amide bonds. The Balaban J connectivity index is 1.63. The van der Waals surface area contributed by atoms with Gasteiger partial charge in [0.05, 0.1) is 9.82 Å². The van der Waals surface area contributed by atoms with Gasteiger partial charge in [-0.15, -0.1) is 0 Å². The maximum Gasteiger partial charge on any atom is 0.269 e. The van der Waals surface area contributed by atoms with Crippen LogP contribution in [0.3, 0.4) is 0 Å². The van der Waals surface area contributed by atoms with Crippen LogP contribution in [0.1, 0.15) is 36.2 Å². The molecule has 2 unspecified atom stereocenters. The number of nitro groups is 1. The Morgan fingerprint density at radius 2 is 1.77 bits per heavy atom. The Bertz CT molecular complexity index is 1040. The predicted octanol–water partition coefficient (Wildman–Crippen LogP) is 3.23. The summed E-state index contributed by atoms with van der Waals surface area (Å²) >= 11 is 0. The highest BCUT2D eigenvalue weighted by Crippen LogP contribution is 2.27. The van der Waals surface area contributed by atoms with Gasteiger partial charge in [0.2, 0.25) is 10.0 Å². The molecule has 1 fully saturated rings. The van der Waals surface area contributed by atoms with Crippen molar-refractivity contribution in [1.82, 2.24) is 9.62 Å². The van der Waals surface area contributed by atoms with Crippen LogP contribution in [0, 0.1) is 22.0 Å². The van der Waals surface area contributed by atoms with Crippen LogP contribution >= 0.6 is 0 Å². The lowest BCUT2D eigenvalue weighted by Crippen LogP contribution is -2.42. The zero-order chi connectivity index (χ0) is 22.6. The first-order chi connectivity index (χ1) is 14.7. The third-order valence-corrected chi connectivity index (χ3v) is 7.24. The Morgan fingerprint density at radius 3 is 2.39 bits per heavy atom. The molecular formula is C22H27N3O5S. The molecule has 0 aromatic heterocycles. The van der Waals surface area contributed by atoms with Gasteiger partial charge in [-0.1, -0.05) is 32.0 Å². The number of rotatable bonds is 7. The lowest BCUT2D eigenvalue weighted by molar-refractivity contribution is -0.384. The molecule has 1 aliphatic rings. The topological polar surface area (TPSA) is 110 Å². The second kappa shape index (κ2) is 9.57. The number of nitrogens with one attached hydrogen (secondary N) is 1. The van der Waals surface area contributed by atoms with Crippen molar-refractivity contribution < 1.29 is 18.1 Å². The fourth-order valence-corrected chi connectivity index (χ4v) is 5.68. The van der Waals surface area contributed by atoms with Crippen molar-refractivity contribution in [3.63, 3.8) is 0 Å². The van der Waals surface area contributed by atoms with E-state index >= 15 is 0 Å². The summed E-state index contributed by atoms with van der Waals surface area (Å²) in [5.74, 6) is 0.230. The molecule has 2 aromatic rings. The zero-order valence-corrected chi connectivity index (χ0v) is 18.5. The average Bonchev–Trinajstić information content (AvgIpc) is 2.73. The largest absolute Gasteiger partial charge is 0.352 e. The molecule has 1 heterocycles. The summed E-state index contributed by atoms with van der Waals surface area (Å²) in [5.41, 5.74) is 1.15. The average molecular weight is 446 g/mol. The molecule has 0 saturated carbocycles. The standard InChI is InChI=1S/C22H27N3O5S/c1-16-12-17(2)15-24(14-16)31(29,30)21-5-3-4-19(13-21)22(26)23-11-10-18-6-8-20(9-7-18)25(27)28/h3-9,13,16-17H,10-12,14-15H2,1-2H3,(H,23,26). The summed E-state index contributed by atoms with van der Waals surface area (Å²) in [6, 6.07) is 12.3. The zero-order valence-electron chi connectivity index (χ0n) is 17.7. The van der Waals surface area contributed by atoms with Gasteiger partial charge in [0.25, 0.3) is 11.6 Å². The van der Waals surface area contributed by atoms with E-state index in [0.29, 0.717) is 37.9 Å². The Hall–Kier alpha value is -2.78. The van der Waals surface area contributed by atoms with Gasteiger partial charge in [0.1, 0.15) is 0 Å². The summed E-state index contributed by atoms with van der Waals surface area (Å²) in [7, 11) is -3.66. The molecule has 31 heavy (non-hydrogen) atoms. The molecule has 9 heteroatoms. The number of non-ortho nitro benzene ring substituents is 1. The molecule has 3 rings (SSSR count). The summed E-state index contributed by atoms with van der Waals surface area (Å²) < 4.78 is 27.7. The first kappa shape index (κ1) is 22.9. The van der Waals surface area contributed by atoms with Crippen LogP contribution in [-0.4, -0.2) is 43.2 Å². The minimum Gasteiger partial charge on any atom is -0.352 e.